The van der Waals surface area contributed by atoms with Gasteiger partial charge >= 0.3 is 6.18 Å². The molecule has 0 radical (unpaired) electrons. The van der Waals surface area contributed by atoms with Gasteiger partial charge in [-0.3, -0.25) is 4.79 Å². The quantitative estimate of drug-likeness (QED) is 0.841. The lowest BCUT2D eigenvalue weighted by atomic mass is 9.92. The summed E-state index contributed by atoms with van der Waals surface area (Å²) in [5.41, 5.74) is 0.436. The number of carbonyl (C=O) groups excluding carboxylic acids is 1. The van der Waals surface area contributed by atoms with E-state index in [1.165, 1.54) is 6.20 Å². The number of ether oxygens (including phenoxy) is 2. The number of alkyl halides is 3. The molecule has 0 unspecified atom stereocenters. The summed E-state index contributed by atoms with van der Waals surface area (Å²) in [6.07, 6.45) is -0.852. The molecule has 0 aromatic carbocycles. The third-order valence-corrected chi connectivity index (χ3v) is 4.79. The van der Waals surface area contributed by atoms with E-state index >= 15 is 0 Å². The van der Waals surface area contributed by atoms with Gasteiger partial charge in [0.25, 0.3) is 5.91 Å². The lowest BCUT2D eigenvalue weighted by molar-refractivity contribution is -0.188. The summed E-state index contributed by atoms with van der Waals surface area (Å²) < 4.78 is 47.1. The van der Waals surface area contributed by atoms with Crippen molar-refractivity contribution < 1.29 is 27.4 Å². The Kier molecular flexibility index (Phi) is 6.54. The molecule has 2 aliphatic rings. The molecule has 1 saturated heterocycles. The van der Waals surface area contributed by atoms with Crippen LogP contribution in [-0.4, -0.2) is 62.1 Å². The molecule has 1 aliphatic heterocycles. The van der Waals surface area contributed by atoms with E-state index in [0.29, 0.717) is 31.6 Å². The minimum absolute atomic E-state index is 0.191. The van der Waals surface area contributed by atoms with Crippen LogP contribution in [0, 0.1) is 0 Å². The van der Waals surface area contributed by atoms with Crippen molar-refractivity contribution in [2.24, 2.45) is 0 Å². The van der Waals surface area contributed by atoms with Crippen molar-refractivity contribution in [3.05, 3.63) is 23.9 Å². The molecule has 1 N–H and O–H groups in total. The first-order valence-corrected chi connectivity index (χ1v) is 9.19. The minimum Gasteiger partial charge on any atom is -0.378 e. The minimum atomic E-state index is -4.33. The van der Waals surface area contributed by atoms with Crippen molar-refractivity contribution in [2.75, 3.05) is 37.8 Å². The molecular weight excluding hydrogens is 363 g/mol. The van der Waals surface area contributed by atoms with Crippen molar-refractivity contribution >= 4 is 11.7 Å². The molecule has 2 heterocycles. The molecule has 9 heteroatoms. The molecule has 1 amide bonds. The van der Waals surface area contributed by atoms with Crippen molar-refractivity contribution in [1.29, 1.82) is 0 Å². The maximum atomic E-state index is 12.4. The summed E-state index contributed by atoms with van der Waals surface area (Å²) in [7, 11) is 0. The molecule has 3 rings (SSSR count). The van der Waals surface area contributed by atoms with Gasteiger partial charge in [-0.15, -0.1) is 0 Å². The predicted molar refractivity (Wildman–Crippen MR) is 92.8 cm³/mol. The first kappa shape index (κ1) is 19.9. The summed E-state index contributed by atoms with van der Waals surface area (Å²) in [6, 6.07) is 3.33. The van der Waals surface area contributed by atoms with Gasteiger partial charge in [0.2, 0.25) is 0 Å². The van der Waals surface area contributed by atoms with Gasteiger partial charge in [0, 0.05) is 25.3 Å². The van der Waals surface area contributed by atoms with Crippen LogP contribution in [0.1, 0.15) is 36.0 Å². The lowest BCUT2D eigenvalue weighted by Crippen LogP contribution is -2.41. The number of pyridine rings is 1. The average Bonchev–Trinajstić information content (AvgIpc) is 2.67. The van der Waals surface area contributed by atoms with Crippen LogP contribution in [0.15, 0.2) is 18.3 Å². The highest BCUT2D eigenvalue weighted by Gasteiger charge is 2.31. The maximum absolute atomic E-state index is 12.4. The number of anilines is 1. The molecular formula is C18H24F3N3O3. The summed E-state index contributed by atoms with van der Waals surface area (Å²) in [5, 5.41) is 2.89. The predicted octanol–water partition coefficient (Wildman–Crippen LogP) is 2.54. The average molecular weight is 387 g/mol. The Morgan fingerprint density at radius 3 is 2.74 bits per heavy atom. The second kappa shape index (κ2) is 8.88. The number of nitrogens with zero attached hydrogens (tertiary/aromatic N) is 2. The van der Waals surface area contributed by atoms with Crippen LogP contribution < -0.4 is 10.2 Å². The van der Waals surface area contributed by atoms with E-state index in [0.717, 1.165) is 31.7 Å². The Hall–Kier alpha value is -1.87. The number of carbonyl (C=O) groups is 1. The molecule has 1 saturated carbocycles. The van der Waals surface area contributed by atoms with Crippen LogP contribution in [0.2, 0.25) is 0 Å². The molecule has 6 nitrogen and oxygen atoms in total. The summed E-state index contributed by atoms with van der Waals surface area (Å²) in [6.45, 7) is 1.59. The molecule has 150 valence electrons. The van der Waals surface area contributed by atoms with Gasteiger partial charge in [-0.05, 0) is 37.8 Å². The van der Waals surface area contributed by atoms with Crippen molar-refractivity contribution in [3.63, 3.8) is 0 Å². The van der Waals surface area contributed by atoms with E-state index in [-0.39, 0.29) is 11.9 Å². The number of rotatable bonds is 5. The van der Waals surface area contributed by atoms with Gasteiger partial charge in [-0.2, -0.15) is 13.2 Å². The molecule has 0 bridgehead atoms. The standard InChI is InChI=1S/C18H24F3N3O3/c19-18(20,21)12-27-15-3-1-2-14(10-15)23-17(25)13-4-5-16(22-11-13)24-6-8-26-9-7-24/h4-5,11,14-15H,1-3,6-10,12H2,(H,23,25)/t14-,15+/m0/s1. The fourth-order valence-electron chi connectivity index (χ4n) is 3.41. The Morgan fingerprint density at radius 2 is 2.07 bits per heavy atom. The van der Waals surface area contributed by atoms with Crippen LogP contribution in [0.5, 0.6) is 0 Å². The summed E-state index contributed by atoms with van der Waals surface area (Å²) in [5.74, 6) is 0.533. The number of morpholine rings is 1. The molecule has 1 aromatic heterocycles. The molecule has 1 aliphatic carbocycles. The molecule has 0 spiro atoms. The van der Waals surface area contributed by atoms with Crippen molar-refractivity contribution in [3.8, 4) is 0 Å². The van der Waals surface area contributed by atoms with E-state index < -0.39 is 18.9 Å². The first-order valence-electron chi connectivity index (χ1n) is 9.19. The zero-order valence-electron chi connectivity index (χ0n) is 15.0. The molecule has 2 atom stereocenters. The van der Waals surface area contributed by atoms with Crippen LogP contribution in [0.25, 0.3) is 0 Å². The van der Waals surface area contributed by atoms with Crippen LogP contribution in [0.3, 0.4) is 0 Å². The van der Waals surface area contributed by atoms with Gasteiger partial charge in [0.15, 0.2) is 0 Å². The van der Waals surface area contributed by atoms with Gasteiger partial charge in [-0.25, -0.2) is 4.98 Å². The normalized spacial score (nSPS) is 23.9. The van der Waals surface area contributed by atoms with Gasteiger partial charge in [0.1, 0.15) is 12.4 Å². The fraction of sp³-hybridized carbons (Fsp3) is 0.667. The SMILES string of the molecule is O=C(N[C@H]1CCC[C@@H](OCC(F)(F)F)C1)c1ccc(N2CCOCC2)nc1. The first-order chi connectivity index (χ1) is 12.9. The number of halogens is 3. The lowest BCUT2D eigenvalue weighted by Gasteiger charge is -2.30. The largest absolute Gasteiger partial charge is 0.411 e. The zero-order valence-corrected chi connectivity index (χ0v) is 15.0. The number of amides is 1. The summed E-state index contributed by atoms with van der Waals surface area (Å²) in [4.78, 5) is 18.9. The van der Waals surface area contributed by atoms with Crippen LogP contribution in [0.4, 0.5) is 19.0 Å². The van der Waals surface area contributed by atoms with E-state index in [4.69, 9.17) is 9.47 Å². The highest BCUT2D eigenvalue weighted by atomic mass is 19.4. The van der Waals surface area contributed by atoms with E-state index in [2.05, 4.69) is 15.2 Å². The van der Waals surface area contributed by atoms with Crippen LogP contribution in [-0.2, 0) is 9.47 Å². The third-order valence-electron chi connectivity index (χ3n) is 4.79. The Morgan fingerprint density at radius 1 is 1.30 bits per heavy atom. The van der Waals surface area contributed by atoms with Crippen LogP contribution >= 0.6 is 0 Å². The van der Waals surface area contributed by atoms with E-state index in [1.54, 1.807) is 12.1 Å². The van der Waals surface area contributed by atoms with Gasteiger partial charge in [0.05, 0.1) is 24.9 Å². The topological polar surface area (TPSA) is 63.7 Å². The number of aromatic nitrogens is 1. The number of nitrogens with one attached hydrogen (secondary N) is 1. The van der Waals surface area contributed by atoms with Gasteiger partial charge < -0.3 is 19.7 Å². The second-order valence-electron chi connectivity index (χ2n) is 6.89. The Balaban J connectivity index is 1.50. The Bertz CT molecular complexity index is 619. The van der Waals surface area contributed by atoms with Crippen molar-refractivity contribution in [2.45, 2.75) is 44.0 Å². The molecule has 27 heavy (non-hydrogen) atoms. The Labute approximate surface area is 156 Å². The zero-order chi connectivity index (χ0) is 19.3. The fourth-order valence-corrected chi connectivity index (χ4v) is 3.41. The van der Waals surface area contributed by atoms with Crippen molar-refractivity contribution in [1.82, 2.24) is 10.3 Å². The van der Waals surface area contributed by atoms with E-state index in [1.807, 2.05) is 0 Å². The second-order valence-corrected chi connectivity index (χ2v) is 6.89. The van der Waals surface area contributed by atoms with E-state index in [9.17, 15) is 18.0 Å². The smallest absolute Gasteiger partial charge is 0.378 e. The number of hydrogen-bond donors (Lipinski definition) is 1. The van der Waals surface area contributed by atoms with Gasteiger partial charge in [-0.1, -0.05) is 0 Å². The number of hydrogen-bond acceptors (Lipinski definition) is 5. The monoisotopic (exact) mass is 387 g/mol. The highest BCUT2D eigenvalue weighted by molar-refractivity contribution is 5.94. The molecule has 1 aromatic rings. The maximum Gasteiger partial charge on any atom is 0.411 e. The summed E-state index contributed by atoms with van der Waals surface area (Å²) >= 11 is 0. The third kappa shape index (κ3) is 6.07. The molecule has 2 fully saturated rings. The highest BCUT2D eigenvalue weighted by Crippen LogP contribution is 2.24.